The second kappa shape index (κ2) is 9.55. The number of hydrogen-bond donors (Lipinski definition) is 0. The molecule has 8 heteroatoms. The molecule has 2 amide bonds. The van der Waals surface area contributed by atoms with Crippen LogP contribution >= 0.6 is 0 Å². The van der Waals surface area contributed by atoms with E-state index in [0.717, 1.165) is 80.3 Å². The Labute approximate surface area is 195 Å². The maximum atomic E-state index is 12.9. The van der Waals surface area contributed by atoms with Crippen molar-refractivity contribution in [3.8, 4) is 0 Å². The van der Waals surface area contributed by atoms with E-state index < -0.39 is 0 Å². The van der Waals surface area contributed by atoms with Gasteiger partial charge in [-0.05, 0) is 57.7 Å². The van der Waals surface area contributed by atoms with Crippen LogP contribution in [-0.2, 0) is 22.6 Å². The lowest BCUT2D eigenvalue weighted by molar-refractivity contribution is -0.132. The number of nitrogens with zero attached hydrogens (tertiary/aromatic N) is 6. The summed E-state index contributed by atoms with van der Waals surface area (Å²) in [5.41, 5.74) is 2.82. The van der Waals surface area contributed by atoms with Crippen molar-refractivity contribution in [2.75, 3.05) is 31.1 Å². The summed E-state index contributed by atoms with van der Waals surface area (Å²) in [6, 6.07) is 5.75. The zero-order valence-corrected chi connectivity index (χ0v) is 19.4. The highest BCUT2D eigenvalue weighted by atomic mass is 16.2. The molecular formula is C25H32N6O2. The number of carbonyl (C=O) groups is 2. The van der Waals surface area contributed by atoms with E-state index in [1.165, 1.54) is 0 Å². The quantitative estimate of drug-likeness (QED) is 0.700. The van der Waals surface area contributed by atoms with Crippen molar-refractivity contribution in [1.29, 1.82) is 0 Å². The van der Waals surface area contributed by atoms with Gasteiger partial charge < -0.3 is 4.90 Å². The molecule has 174 valence electrons. The molecule has 2 aromatic rings. The number of fused-ring (bicyclic) bond motifs is 1. The number of piperidine rings is 1. The van der Waals surface area contributed by atoms with Crippen molar-refractivity contribution in [1.82, 2.24) is 24.8 Å². The monoisotopic (exact) mass is 448 g/mol. The van der Waals surface area contributed by atoms with Crippen LogP contribution in [0.25, 0.3) is 0 Å². The lowest BCUT2D eigenvalue weighted by Gasteiger charge is -2.36. The fourth-order valence-corrected chi connectivity index (χ4v) is 5.28. The largest absolute Gasteiger partial charge is 0.342 e. The Hall–Kier alpha value is -2.87. The van der Waals surface area contributed by atoms with Crippen LogP contribution in [0.15, 0.2) is 24.4 Å². The van der Waals surface area contributed by atoms with Gasteiger partial charge in [-0.15, -0.1) is 0 Å². The van der Waals surface area contributed by atoms with Gasteiger partial charge in [-0.3, -0.25) is 24.4 Å². The molecule has 0 radical (unpaired) electrons. The predicted octanol–water partition coefficient (Wildman–Crippen LogP) is 2.81. The molecule has 0 saturated carbocycles. The van der Waals surface area contributed by atoms with Crippen molar-refractivity contribution in [3.63, 3.8) is 0 Å². The number of aryl methyl sites for hydroxylation is 1. The van der Waals surface area contributed by atoms with Crippen LogP contribution in [-0.4, -0.2) is 62.7 Å². The molecule has 1 unspecified atom stereocenters. The highest BCUT2D eigenvalue weighted by Crippen LogP contribution is 2.34. The van der Waals surface area contributed by atoms with Gasteiger partial charge in [0.25, 0.3) is 0 Å². The summed E-state index contributed by atoms with van der Waals surface area (Å²) in [5, 5.41) is 0. The molecule has 2 aromatic heterocycles. The van der Waals surface area contributed by atoms with Gasteiger partial charge in [0.2, 0.25) is 11.8 Å². The summed E-state index contributed by atoms with van der Waals surface area (Å²) in [4.78, 5) is 46.1. The first kappa shape index (κ1) is 21.9. The Morgan fingerprint density at radius 3 is 2.67 bits per heavy atom. The van der Waals surface area contributed by atoms with E-state index in [2.05, 4.69) is 9.88 Å². The Kier molecular flexibility index (Phi) is 6.35. The standard InChI is InChI=1S/C25H32N6O2/c1-18-20-10-11-22(32)31(16-19-8-2-4-12-26-19)25(20)28-24(27-18)21-9-3-5-15-30(21)17-23(33)29-13-6-7-14-29/h2,4,8,12,21H,3,5-7,9-11,13-17H2,1H3. The van der Waals surface area contributed by atoms with Gasteiger partial charge in [0, 0.05) is 37.0 Å². The van der Waals surface area contributed by atoms with Gasteiger partial charge in [-0.25, -0.2) is 9.97 Å². The van der Waals surface area contributed by atoms with Crippen LogP contribution in [0.5, 0.6) is 0 Å². The van der Waals surface area contributed by atoms with Crippen LogP contribution in [0.3, 0.4) is 0 Å². The van der Waals surface area contributed by atoms with Gasteiger partial charge in [0.1, 0.15) is 11.6 Å². The first-order valence-electron chi connectivity index (χ1n) is 12.2. The molecular weight excluding hydrogens is 416 g/mol. The molecule has 0 bridgehead atoms. The van der Waals surface area contributed by atoms with Crippen molar-refractivity contribution >= 4 is 17.6 Å². The Bertz CT molecular complexity index is 1020. The second-order valence-corrected chi connectivity index (χ2v) is 9.34. The van der Waals surface area contributed by atoms with Crippen molar-refractivity contribution < 1.29 is 9.59 Å². The third-order valence-electron chi connectivity index (χ3n) is 7.11. The minimum Gasteiger partial charge on any atom is -0.342 e. The van der Waals surface area contributed by atoms with Gasteiger partial charge in [-0.1, -0.05) is 12.5 Å². The smallest absolute Gasteiger partial charge is 0.236 e. The lowest BCUT2D eigenvalue weighted by Crippen LogP contribution is -2.43. The Balaban J connectivity index is 1.43. The highest BCUT2D eigenvalue weighted by Gasteiger charge is 2.33. The summed E-state index contributed by atoms with van der Waals surface area (Å²) in [6.45, 7) is 5.46. The molecule has 0 aromatic carbocycles. The second-order valence-electron chi connectivity index (χ2n) is 9.34. The third-order valence-corrected chi connectivity index (χ3v) is 7.11. The molecule has 33 heavy (non-hydrogen) atoms. The van der Waals surface area contributed by atoms with Crippen LogP contribution in [0.2, 0.25) is 0 Å². The van der Waals surface area contributed by atoms with Crippen LogP contribution < -0.4 is 4.90 Å². The highest BCUT2D eigenvalue weighted by molar-refractivity contribution is 5.95. The van der Waals surface area contributed by atoms with Gasteiger partial charge in [0.15, 0.2) is 0 Å². The van der Waals surface area contributed by atoms with Gasteiger partial charge >= 0.3 is 0 Å². The van der Waals surface area contributed by atoms with E-state index in [-0.39, 0.29) is 17.9 Å². The number of hydrogen-bond acceptors (Lipinski definition) is 6. The number of anilines is 1. The number of rotatable bonds is 5. The molecule has 0 aliphatic carbocycles. The molecule has 5 rings (SSSR count). The topological polar surface area (TPSA) is 82.5 Å². The van der Waals surface area contributed by atoms with Crippen LogP contribution in [0.4, 0.5) is 5.82 Å². The number of amides is 2. The van der Waals surface area contributed by atoms with Crippen LogP contribution in [0.1, 0.15) is 67.3 Å². The molecule has 1 atom stereocenters. The minimum atomic E-state index is 0.00281. The summed E-state index contributed by atoms with van der Waals surface area (Å²) in [5.74, 6) is 1.74. The van der Waals surface area contributed by atoms with E-state index >= 15 is 0 Å². The number of likely N-dealkylation sites (tertiary alicyclic amines) is 2. The fraction of sp³-hybridized carbons (Fsp3) is 0.560. The molecule has 3 aliphatic rings. The first-order valence-corrected chi connectivity index (χ1v) is 12.2. The number of aromatic nitrogens is 3. The average molecular weight is 449 g/mol. The molecule has 3 aliphatic heterocycles. The zero-order chi connectivity index (χ0) is 22.8. The molecule has 5 heterocycles. The van der Waals surface area contributed by atoms with E-state index in [0.29, 0.717) is 25.9 Å². The average Bonchev–Trinajstić information content (AvgIpc) is 3.37. The summed E-state index contributed by atoms with van der Waals surface area (Å²) >= 11 is 0. The molecule has 2 fully saturated rings. The fourth-order valence-electron chi connectivity index (χ4n) is 5.28. The normalized spacial score (nSPS) is 21.4. The van der Waals surface area contributed by atoms with Gasteiger partial charge in [-0.2, -0.15) is 0 Å². The predicted molar refractivity (Wildman–Crippen MR) is 124 cm³/mol. The zero-order valence-electron chi connectivity index (χ0n) is 19.4. The third kappa shape index (κ3) is 4.62. The minimum absolute atomic E-state index is 0.00281. The number of pyridine rings is 1. The van der Waals surface area contributed by atoms with Crippen molar-refractivity contribution in [2.45, 2.75) is 64.5 Å². The van der Waals surface area contributed by atoms with E-state index in [1.807, 2.05) is 30.0 Å². The Morgan fingerprint density at radius 1 is 1.06 bits per heavy atom. The van der Waals surface area contributed by atoms with Crippen molar-refractivity contribution in [2.24, 2.45) is 0 Å². The van der Waals surface area contributed by atoms with Gasteiger partial charge in [0.05, 0.1) is 24.8 Å². The molecule has 8 nitrogen and oxygen atoms in total. The Morgan fingerprint density at radius 2 is 1.88 bits per heavy atom. The maximum absolute atomic E-state index is 12.9. The molecule has 2 saturated heterocycles. The maximum Gasteiger partial charge on any atom is 0.236 e. The van der Waals surface area contributed by atoms with Crippen molar-refractivity contribution in [3.05, 3.63) is 47.2 Å². The SMILES string of the molecule is Cc1nc(C2CCCCN2CC(=O)N2CCCC2)nc2c1CCC(=O)N2Cc1ccccn1. The van der Waals surface area contributed by atoms with E-state index in [9.17, 15) is 9.59 Å². The van der Waals surface area contributed by atoms with E-state index in [1.54, 1.807) is 11.1 Å². The first-order chi connectivity index (χ1) is 16.1. The summed E-state index contributed by atoms with van der Waals surface area (Å²) in [7, 11) is 0. The molecule has 0 spiro atoms. The van der Waals surface area contributed by atoms with Crippen LogP contribution in [0, 0.1) is 6.92 Å². The molecule has 0 N–H and O–H groups in total. The summed E-state index contributed by atoms with van der Waals surface area (Å²) in [6.07, 6.45) is 8.18. The summed E-state index contributed by atoms with van der Waals surface area (Å²) < 4.78 is 0. The van der Waals surface area contributed by atoms with E-state index in [4.69, 9.17) is 9.97 Å². The lowest BCUT2D eigenvalue weighted by atomic mass is 9.99. The number of carbonyl (C=O) groups excluding carboxylic acids is 2.